The van der Waals surface area contributed by atoms with Crippen LogP contribution < -0.4 is 14.8 Å². The Hall–Kier alpha value is -2.66. The van der Waals surface area contributed by atoms with E-state index in [4.69, 9.17) is 9.47 Å². The largest absolute Gasteiger partial charge is 0.454 e. The van der Waals surface area contributed by atoms with E-state index in [2.05, 4.69) is 25.8 Å². The van der Waals surface area contributed by atoms with Crippen molar-refractivity contribution < 1.29 is 14.3 Å². The van der Waals surface area contributed by atoms with Gasteiger partial charge in [0.15, 0.2) is 16.6 Å². The number of ether oxygens (including phenoxy) is 2. The number of carbonyl (C=O) groups is 1. The summed E-state index contributed by atoms with van der Waals surface area (Å²) >= 11 is 2.59. The first kappa shape index (κ1) is 14.9. The molecule has 0 unspecified atom stereocenters. The third kappa shape index (κ3) is 3.03. The van der Waals surface area contributed by atoms with Crippen LogP contribution in [0.3, 0.4) is 0 Å². The quantitative estimate of drug-likeness (QED) is 0.682. The van der Waals surface area contributed by atoms with Crippen LogP contribution in [0.5, 0.6) is 11.5 Å². The smallest absolute Gasteiger partial charge is 0.236 e. The number of thioether (sulfide) groups is 1. The number of anilines is 1. The number of hydrogen-bond donors (Lipinski definition) is 1. The summed E-state index contributed by atoms with van der Waals surface area (Å²) in [5.74, 6) is 1.32. The number of rotatable bonds is 5. The number of benzene rings is 1. The molecule has 4 rings (SSSR count). The number of nitrogens with zero attached hydrogens (tertiary/aromatic N) is 5. The Kier molecular flexibility index (Phi) is 4.01. The van der Waals surface area contributed by atoms with Gasteiger partial charge in [-0.15, -0.1) is 16.4 Å². The monoisotopic (exact) mass is 362 g/mol. The van der Waals surface area contributed by atoms with E-state index in [0.29, 0.717) is 21.8 Å². The van der Waals surface area contributed by atoms with Gasteiger partial charge in [-0.3, -0.25) is 4.79 Å². The third-order valence-corrected chi connectivity index (χ3v) is 4.66. The van der Waals surface area contributed by atoms with Crippen molar-refractivity contribution in [3.05, 3.63) is 29.8 Å². The molecule has 0 saturated heterocycles. The molecule has 0 saturated carbocycles. The van der Waals surface area contributed by atoms with Gasteiger partial charge in [0, 0.05) is 17.6 Å². The molecule has 1 N–H and O–H groups in total. The van der Waals surface area contributed by atoms with Gasteiger partial charge < -0.3 is 14.8 Å². The van der Waals surface area contributed by atoms with Crippen molar-refractivity contribution in [1.82, 2.24) is 25.2 Å². The summed E-state index contributed by atoms with van der Waals surface area (Å²) in [6.45, 7) is 0.201. The molecule has 1 aliphatic heterocycles. The molecule has 0 bridgehead atoms. The average Bonchev–Trinajstić information content (AvgIpc) is 3.33. The number of hydrogen-bond acceptors (Lipinski definition) is 9. The highest BCUT2D eigenvalue weighted by atomic mass is 32.2. The fourth-order valence-corrected chi connectivity index (χ4v) is 3.25. The number of thiazole rings is 1. The lowest BCUT2D eigenvalue weighted by Gasteiger charge is -2.05. The number of amides is 1. The normalized spacial score (nSPS) is 12.3. The van der Waals surface area contributed by atoms with Crippen molar-refractivity contribution in [2.24, 2.45) is 0 Å². The van der Waals surface area contributed by atoms with Crippen LogP contribution >= 0.6 is 23.1 Å². The number of tetrazole rings is 1. The van der Waals surface area contributed by atoms with Gasteiger partial charge in [0.1, 0.15) is 0 Å². The molecule has 9 nitrogen and oxygen atoms in total. The van der Waals surface area contributed by atoms with Crippen LogP contribution in [0.15, 0.2) is 34.9 Å². The lowest BCUT2D eigenvalue weighted by atomic mass is 10.3. The van der Waals surface area contributed by atoms with Gasteiger partial charge >= 0.3 is 0 Å². The zero-order valence-electron chi connectivity index (χ0n) is 12.1. The van der Waals surface area contributed by atoms with Crippen LogP contribution in [0, 0.1) is 0 Å². The molecule has 1 aliphatic rings. The lowest BCUT2D eigenvalue weighted by molar-refractivity contribution is -0.113. The topological polar surface area (TPSA) is 104 Å². The summed E-state index contributed by atoms with van der Waals surface area (Å²) in [6, 6.07) is 5.41. The van der Waals surface area contributed by atoms with Crippen molar-refractivity contribution in [3.63, 3.8) is 0 Å². The fraction of sp³-hybridized carbons (Fsp3) is 0.154. The molecule has 11 heteroatoms. The van der Waals surface area contributed by atoms with Crippen molar-refractivity contribution >= 4 is 34.1 Å². The molecule has 0 aliphatic carbocycles. The SMILES string of the molecule is O=C(CSc1nnnn1-c1ccc2c(c1)OCO2)Nc1nccs1. The molecular formula is C13H10N6O3S2. The Labute approximate surface area is 144 Å². The van der Waals surface area contributed by atoms with E-state index in [1.807, 2.05) is 6.07 Å². The molecule has 122 valence electrons. The summed E-state index contributed by atoms with van der Waals surface area (Å²) in [5.41, 5.74) is 0.729. The van der Waals surface area contributed by atoms with Crippen molar-refractivity contribution in [3.8, 4) is 17.2 Å². The van der Waals surface area contributed by atoms with Gasteiger partial charge in [-0.05, 0) is 22.6 Å². The van der Waals surface area contributed by atoms with Gasteiger partial charge in [0.2, 0.25) is 17.9 Å². The van der Waals surface area contributed by atoms with Crippen LogP contribution in [0.2, 0.25) is 0 Å². The molecule has 1 amide bonds. The molecule has 0 spiro atoms. The first-order valence-corrected chi connectivity index (χ1v) is 8.67. The van der Waals surface area contributed by atoms with E-state index in [0.717, 1.165) is 5.69 Å². The average molecular weight is 362 g/mol. The van der Waals surface area contributed by atoms with Gasteiger partial charge in [-0.2, -0.15) is 4.68 Å². The minimum absolute atomic E-state index is 0.171. The standard InChI is InChI=1S/C13H10N6O3S2/c20-11(15-12-14-3-4-23-12)6-24-13-16-17-18-19(13)8-1-2-9-10(5-8)22-7-21-9/h1-5H,6-7H2,(H,14,15,20). The zero-order chi connectivity index (χ0) is 16.4. The number of fused-ring (bicyclic) bond motifs is 1. The highest BCUT2D eigenvalue weighted by Gasteiger charge is 2.17. The minimum atomic E-state index is -0.171. The maximum atomic E-state index is 11.9. The second kappa shape index (κ2) is 6.45. The van der Waals surface area contributed by atoms with Gasteiger partial charge in [0.05, 0.1) is 11.4 Å². The molecule has 1 aromatic carbocycles. The Morgan fingerprint density at radius 3 is 3.17 bits per heavy atom. The van der Waals surface area contributed by atoms with Crippen LogP contribution in [0.25, 0.3) is 5.69 Å². The predicted molar refractivity (Wildman–Crippen MR) is 86.7 cm³/mol. The van der Waals surface area contributed by atoms with E-state index in [1.165, 1.54) is 23.1 Å². The van der Waals surface area contributed by atoms with E-state index >= 15 is 0 Å². The van der Waals surface area contributed by atoms with Crippen molar-refractivity contribution in [2.75, 3.05) is 17.9 Å². The molecule has 3 aromatic rings. The molecule has 0 atom stereocenters. The first-order valence-electron chi connectivity index (χ1n) is 6.80. The predicted octanol–water partition coefficient (Wildman–Crippen LogP) is 1.58. The van der Waals surface area contributed by atoms with Crippen LogP contribution in [0.1, 0.15) is 0 Å². The molecular weight excluding hydrogens is 352 g/mol. The molecule has 3 heterocycles. The van der Waals surface area contributed by atoms with E-state index in [-0.39, 0.29) is 18.5 Å². The zero-order valence-corrected chi connectivity index (χ0v) is 13.7. The van der Waals surface area contributed by atoms with Crippen LogP contribution in [-0.4, -0.2) is 43.6 Å². The summed E-state index contributed by atoms with van der Waals surface area (Å²) < 4.78 is 12.2. The van der Waals surface area contributed by atoms with Gasteiger partial charge in [-0.25, -0.2) is 4.98 Å². The Morgan fingerprint density at radius 1 is 1.38 bits per heavy atom. The van der Waals surface area contributed by atoms with E-state index in [9.17, 15) is 4.79 Å². The van der Waals surface area contributed by atoms with Gasteiger partial charge in [0.25, 0.3) is 0 Å². The van der Waals surface area contributed by atoms with E-state index in [1.54, 1.807) is 28.4 Å². The summed E-state index contributed by atoms with van der Waals surface area (Å²) in [5, 5.41) is 17.2. The fourth-order valence-electron chi connectivity index (χ4n) is 2.02. The molecule has 0 fully saturated rings. The number of nitrogens with one attached hydrogen (secondary N) is 1. The Bertz CT molecular complexity index is 866. The molecule has 2 aromatic heterocycles. The highest BCUT2D eigenvalue weighted by molar-refractivity contribution is 7.99. The second-order valence-electron chi connectivity index (χ2n) is 4.58. The summed E-state index contributed by atoms with van der Waals surface area (Å²) in [6.07, 6.45) is 1.63. The third-order valence-electron chi connectivity index (χ3n) is 3.05. The Morgan fingerprint density at radius 2 is 2.29 bits per heavy atom. The summed E-state index contributed by atoms with van der Waals surface area (Å²) in [7, 11) is 0. The second-order valence-corrected chi connectivity index (χ2v) is 6.42. The number of aromatic nitrogens is 5. The Balaban J connectivity index is 1.46. The molecule has 0 radical (unpaired) electrons. The molecule has 24 heavy (non-hydrogen) atoms. The highest BCUT2D eigenvalue weighted by Crippen LogP contribution is 2.34. The first-order chi connectivity index (χ1) is 11.8. The minimum Gasteiger partial charge on any atom is -0.454 e. The lowest BCUT2D eigenvalue weighted by Crippen LogP contribution is -2.14. The van der Waals surface area contributed by atoms with E-state index < -0.39 is 0 Å². The summed E-state index contributed by atoms with van der Waals surface area (Å²) in [4.78, 5) is 15.9. The van der Waals surface area contributed by atoms with Crippen molar-refractivity contribution in [1.29, 1.82) is 0 Å². The van der Waals surface area contributed by atoms with Crippen molar-refractivity contribution in [2.45, 2.75) is 5.16 Å². The van der Waals surface area contributed by atoms with Crippen LogP contribution in [-0.2, 0) is 4.79 Å². The van der Waals surface area contributed by atoms with Gasteiger partial charge in [-0.1, -0.05) is 11.8 Å². The maximum absolute atomic E-state index is 11.9. The van der Waals surface area contributed by atoms with Crippen LogP contribution in [0.4, 0.5) is 5.13 Å². The maximum Gasteiger partial charge on any atom is 0.236 e. The number of carbonyl (C=O) groups excluding carboxylic acids is 1.